The lowest BCUT2D eigenvalue weighted by molar-refractivity contribution is 0.0731. The average Bonchev–Trinajstić information content (AvgIpc) is 3.46. The smallest absolute Gasteiger partial charge is 0.264 e. The third-order valence-electron chi connectivity index (χ3n) is 5.07. The first-order valence-electron chi connectivity index (χ1n) is 9.54. The van der Waals surface area contributed by atoms with Crippen molar-refractivity contribution in [2.45, 2.75) is 30.3 Å². The van der Waals surface area contributed by atoms with Crippen molar-refractivity contribution >= 4 is 44.6 Å². The molecule has 1 aliphatic rings. The van der Waals surface area contributed by atoms with E-state index in [9.17, 15) is 13.2 Å². The van der Waals surface area contributed by atoms with Crippen molar-refractivity contribution in [2.24, 2.45) is 0 Å². The molecule has 0 N–H and O–H groups in total. The summed E-state index contributed by atoms with van der Waals surface area (Å²) in [7, 11) is -2.36. The zero-order chi connectivity index (χ0) is 21.3. The van der Waals surface area contributed by atoms with Crippen LogP contribution in [0.4, 0.5) is 5.69 Å². The van der Waals surface area contributed by atoms with E-state index in [1.165, 1.54) is 23.5 Å². The molecule has 30 heavy (non-hydrogen) atoms. The summed E-state index contributed by atoms with van der Waals surface area (Å²) in [5, 5.41) is 2.44. The van der Waals surface area contributed by atoms with Gasteiger partial charge in [0.05, 0.1) is 17.1 Å². The molecule has 1 aromatic heterocycles. The number of hydrogen-bond donors (Lipinski definition) is 0. The van der Waals surface area contributed by atoms with Crippen LogP contribution in [-0.4, -0.2) is 32.3 Å². The van der Waals surface area contributed by atoms with Gasteiger partial charge in [0, 0.05) is 28.6 Å². The number of thiophene rings is 1. The maximum atomic E-state index is 13.2. The molecule has 0 radical (unpaired) electrons. The number of sulfonamides is 1. The molecule has 1 saturated carbocycles. The Morgan fingerprint density at radius 2 is 1.87 bits per heavy atom. The monoisotopic (exact) mass is 460 g/mol. The summed E-state index contributed by atoms with van der Waals surface area (Å²) in [6.07, 6.45) is 1.96. The zero-order valence-corrected chi connectivity index (χ0v) is 18.8. The number of benzene rings is 2. The van der Waals surface area contributed by atoms with Gasteiger partial charge in [0.25, 0.3) is 15.9 Å². The number of carbonyl (C=O) groups excluding carboxylic acids is 1. The van der Waals surface area contributed by atoms with E-state index in [2.05, 4.69) is 0 Å². The number of halogens is 1. The topological polar surface area (TPSA) is 57.7 Å². The molecule has 1 heterocycles. The average molecular weight is 461 g/mol. The molecule has 156 valence electrons. The highest BCUT2D eigenvalue weighted by Crippen LogP contribution is 2.31. The van der Waals surface area contributed by atoms with E-state index in [0.717, 1.165) is 17.7 Å². The molecular weight excluding hydrogens is 440 g/mol. The lowest BCUT2D eigenvalue weighted by atomic mass is 10.2. The van der Waals surface area contributed by atoms with Crippen molar-refractivity contribution in [2.75, 3.05) is 11.4 Å². The van der Waals surface area contributed by atoms with E-state index in [4.69, 9.17) is 11.6 Å². The minimum atomic E-state index is -3.84. The van der Waals surface area contributed by atoms with Gasteiger partial charge in [-0.2, -0.15) is 0 Å². The van der Waals surface area contributed by atoms with Crippen LogP contribution in [0.25, 0.3) is 0 Å². The Hall–Kier alpha value is -2.35. The number of hydrogen-bond acceptors (Lipinski definition) is 4. The van der Waals surface area contributed by atoms with Gasteiger partial charge in [-0.05, 0) is 60.7 Å². The molecule has 0 bridgehead atoms. The fraction of sp³-hybridized carbons (Fsp3) is 0.227. The Morgan fingerprint density at radius 1 is 1.10 bits per heavy atom. The third-order valence-corrected chi connectivity index (χ3v) is 7.94. The van der Waals surface area contributed by atoms with E-state index >= 15 is 0 Å². The predicted molar refractivity (Wildman–Crippen MR) is 121 cm³/mol. The van der Waals surface area contributed by atoms with Crippen LogP contribution in [0.1, 0.15) is 28.1 Å². The lowest BCUT2D eigenvalue weighted by Gasteiger charge is -2.23. The predicted octanol–water partition coefficient (Wildman–Crippen LogP) is 5.03. The van der Waals surface area contributed by atoms with Gasteiger partial charge in [0.2, 0.25) is 0 Å². The highest BCUT2D eigenvalue weighted by molar-refractivity contribution is 7.92. The van der Waals surface area contributed by atoms with Gasteiger partial charge in [-0.15, -0.1) is 11.3 Å². The van der Waals surface area contributed by atoms with Crippen LogP contribution in [0.2, 0.25) is 5.02 Å². The van der Waals surface area contributed by atoms with Crippen LogP contribution in [0, 0.1) is 0 Å². The van der Waals surface area contributed by atoms with Crippen LogP contribution in [0.3, 0.4) is 0 Å². The molecule has 8 heteroatoms. The summed E-state index contributed by atoms with van der Waals surface area (Å²) in [5.41, 5.74) is 0.829. The molecule has 1 aliphatic carbocycles. The molecule has 2 aromatic carbocycles. The van der Waals surface area contributed by atoms with Crippen LogP contribution in [-0.2, 0) is 16.6 Å². The summed E-state index contributed by atoms with van der Waals surface area (Å²) in [4.78, 5) is 16.2. The summed E-state index contributed by atoms with van der Waals surface area (Å²) in [6, 6.07) is 17.1. The van der Waals surface area contributed by atoms with E-state index in [0.29, 0.717) is 22.8 Å². The van der Waals surface area contributed by atoms with Crippen molar-refractivity contribution in [1.82, 2.24) is 4.90 Å². The lowest BCUT2D eigenvalue weighted by Crippen LogP contribution is -2.32. The normalized spacial score (nSPS) is 13.8. The zero-order valence-electron chi connectivity index (χ0n) is 16.4. The van der Waals surface area contributed by atoms with Crippen molar-refractivity contribution in [1.29, 1.82) is 0 Å². The number of rotatable bonds is 7. The largest absolute Gasteiger partial charge is 0.331 e. The van der Waals surface area contributed by atoms with Gasteiger partial charge in [0.15, 0.2) is 0 Å². The minimum Gasteiger partial charge on any atom is -0.331 e. The quantitative estimate of drug-likeness (QED) is 0.496. The first-order chi connectivity index (χ1) is 14.4. The summed E-state index contributed by atoms with van der Waals surface area (Å²) < 4.78 is 27.5. The van der Waals surface area contributed by atoms with E-state index < -0.39 is 10.0 Å². The maximum absolute atomic E-state index is 13.2. The number of nitrogens with zero attached hydrogens (tertiary/aromatic N) is 2. The Kier molecular flexibility index (Phi) is 5.86. The Morgan fingerprint density at radius 3 is 2.53 bits per heavy atom. The second-order valence-corrected chi connectivity index (χ2v) is 10.7. The number of amides is 1. The molecular formula is C22H21ClN2O3S2. The van der Waals surface area contributed by atoms with Crippen molar-refractivity contribution in [3.05, 3.63) is 81.5 Å². The molecule has 1 amide bonds. The van der Waals surface area contributed by atoms with Crippen LogP contribution < -0.4 is 4.31 Å². The summed E-state index contributed by atoms with van der Waals surface area (Å²) in [6.45, 7) is 0.542. The summed E-state index contributed by atoms with van der Waals surface area (Å²) >= 11 is 7.62. The highest BCUT2D eigenvalue weighted by Gasteiger charge is 2.34. The van der Waals surface area contributed by atoms with Gasteiger partial charge < -0.3 is 4.90 Å². The molecule has 5 nitrogen and oxygen atoms in total. The van der Waals surface area contributed by atoms with E-state index in [-0.39, 0.29) is 16.8 Å². The SMILES string of the molecule is CN(c1cccc(Cl)c1)S(=O)(=O)c1cccc(C(=O)N(Cc2cccs2)C2CC2)c1. The highest BCUT2D eigenvalue weighted by atomic mass is 35.5. The number of carbonyl (C=O) groups is 1. The van der Waals surface area contributed by atoms with Crippen LogP contribution >= 0.6 is 22.9 Å². The van der Waals surface area contributed by atoms with Crippen LogP contribution in [0.15, 0.2) is 70.9 Å². The van der Waals surface area contributed by atoms with E-state index in [1.807, 2.05) is 22.4 Å². The van der Waals surface area contributed by atoms with Crippen molar-refractivity contribution in [3.8, 4) is 0 Å². The second-order valence-electron chi connectivity index (χ2n) is 7.22. The Balaban J connectivity index is 1.62. The van der Waals surface area contributed by atoms with E-state index in [1.54, 1.807) is 47.7 Å². The first kappa shape index (κ1) is 20.9. The third kappa shape index (κ3) is 4.38. The molecule has 1 fully saturated rings. The fourth-order valence-electron chi connectivity index (χ4n) is 3.25. The minimum absolute atomic E-state index is 0.0719. The molecule has 3 aromatic rings. The Labute approximate surface area is 185 Å². The molecule has 0 spiro atoms. The maximum Gasteiger partial charge on any atom is 0.264 e. The van der Waals surface area contributed by atoms with Gasteiger partial charge in [-0.3, -0.25) is 9.10 Å². The Bertz CT molecular complexity index is 1160. The molecule has 0 atom stereocenters. The van der Waals surface area contributed by atoms with Gasteiger partial charge in [-0.1, -0.05) is 29.8 Å². The van der Waals surface area contributed by atoms with Gasteiger partial charge >= 0.3 is 0 Å². The second kappa shape index (κ2) is 8.41. The molecule has 0 unspecified atom stereocenters. The molecule has 0 saturated heterocycles. The molecule has 0 aliphatic heterocycles. The number of anilines is 1. The summed E-state index contributed by atoms with van der Waals surface area (Å²) in [5.74, 6) is -0.145. The standard InChI is InChI=1S/C22H21ClN2O3S2/c1-24(19-7-3-6-17(23)14-19)30(27,28)21-9-2-5-16(13-21)22(26)25(18-10-11-18)15-20-8-4-12-29-20/h2-9,12-14,18H,10-11,15H2,1H3. The van der Waals surface area contributed by atoms with Gasteiger partial charge in [0.1, 0.15) is 0 Å². The van der Waals surface area contributed by atoms with Crippen LogP contribution in [0.5, 0.6) is 0 Å². The van der Waals surface area contributed by atoms with Gasteiger partial charge in [-0.25, -0.2) is 8.42 Å². The fourth-order valence-corrected chi connectivity index (χ4v) is 5.37. The van der Waals surface area contributed by atoms with Crippen molar-refractivity contribution in [3.63, 3.8) is 0 Å². The molecule has 4 rings (SSSR count). The first-order valence-corrected chi connectivity index (χ1v) is 12.2. The van der Waals surface area contributed by atoms with Crippen molar-refractivity contribution < 1.29 is 13.2 Å².